The summed E-state index contributed by atoms with van der Waals surface area (Å²) < 4.78 is 0. The van der Waals surface area contributed by atoms with Gasteiger partial charge in [-0.25, -0.2) is 9.97 Å². The van der Waals surface area contributed by atoms with Gasteiger partial charge in [-0.3, -0.25) is 0 Å². The molecule has 2 aromatic rings. The van der Waals surface area contributed by atoms with Gasteiger partial charge in [0.15, 0.2) is 5.82 Å². The van der Waals surface area contributed by atoms with E-state index in [1.165, 1.54) is 12.0 Å². The van der Waals surface area contributed by atoms with Crippen molar-refractivity contribution in [3.05, 3.63) is 23.7 Å². The molecule has 18 heavy (non-hydrogen) atoms. The monoisotopic (exact) mass is 242 g/mol. The number of hydrogen-bond acceptors (Lipinski definition) is 3. The molecule has 0 fully saturated rings. The Morgan fingerprint density at radius 1 is 1.39 bits per heavy atom. The molecule has 94 valence electrons. The van der Waals surface area contributed by atoms with Crippen LogP contribution in [0.5, 0.6) is 0 Å². The number of allylic oxidation sites excluding steroid dienone is 2. The fraction of sp³-hybridized carbons (Fsp3) is 0.429. The minimum atomic E-state index is 0.910. The average molecular weight is 242 g/mol. The maximum Gasteiger partial charge on any atom is 0.154 e. The van der Waals surface area contributed by atoms with E-state index in [1.807, 2.05) is 6.92 Å². The lowest BCUT2D eigenvalue weighted by Gasteiger charge is -2.06. The molecular formula is C14H18N4. The third-order valence-electron chi connectivity index (χ3n) is 3.15. The fourth-order valence-electron chi connectivity index (χ4n) is 2.07. The molecule has 2 heterocycles. The van der Waals surface area contributed by atoms with Crippen molar-refractivity contribution >= 4 is 22.4 Å². The zero-order chi connectivity index (χ0) is 12.5. The molecule has 0 aromatic carbocycles. The lowest BCUT2D eigenvalue weighted by Crippen LogP contribution is -2.04. The predicted molar refractivity (Wildman–Crippen MR) is 74.6 cm³/mol. The number of rotatable bonds is 5. The van der Waals surface area contributed by atoms with Gasteiger partial charge in [-0.15, -0.1) is 0 Å². The average Bonchev–Trinajstić information content (AvgIpc) is 3.11. The number of pyridine rings is 1. The van der Waals surface area contributed by atoms with Gasteiger partial charge in [-0.05, 0) is 31.4 Å². The predicted octanol–water partition coefficient (Wildman–Crippen LogP) is 3.27. The Morgan fingerprint density at radius 2 is 2.22 bits per heavy atom. The minimum Gasteiger partial charge on any atom is -0.368 e. The Kier molecular flexibility index (Phi) is 2.78. The van der Waals surface area contributed by atoms with Crippen LogP contribution in [0.4, 0.5) is 5.82 Å². The maximum absolute atomic E-state index is 4.69. The van der Waals surface area contributed by atoms with Gasteiger partial charge < -0.3 is 10.3 Å². The smallest absolute Gasteiger partial charge is 0.154 e. The van der Waals surface area contributed by atoms with E-state index in [2.05, 4.69) is 39.3 Å². The summed E-state index contributed by atoms with van der Waals surface area (Å²) in [5.74, 6) is 1.85. The number of aryl methyl sites for hydroxylation is 1. The summed E-state index contributed by atoms with van der Waals surface area (Å²) in [6, 6.07) is 2.10. The third kappa shape index (κ3) is 2.10. The van der Waals surface area contributed by atoms with Gasteiger partial charge in [-0.1, -0.05) is 19.4 Å². The normalized spacial score (nSPS) is 13.8. The molecule has 2 aromatic heterocycles. The second-order valence-corrected chi connectivity index (χ2v) is 4.79. The Bertz CT molecular complexity index is 610. The fourth-order valence-corrected chi connectivity index (χ4v) is 2.07. The molecule has 0 saturated carbocycles. The molecule has 2 N–H and O–H groups in total. The summed E-state index contributed by atoms with van der Waals surface area (Å²) in [5.41, 5.74) is 4.44. The number of aromatic amines is 1. The van der Waals surface area contributed by atoms with Crippen LogP contribution in [0.15, 0.2) is 12.1 Å². The van der Waals surface area contributed by atoms with Crippen molar-refractivity contribution in [3.8, 4) is 0 Å². The molecule has 3 rings (SSSR count). The van der Waals surface area contributed by atoms with Crippen molar-refractivity contribution in [3.63, 3.8) is 0 Å². The summed E-state index contributed by atoms with van der Waals surface area (Å²) in [6.45, 7) is 5.12. The topological polar surface area (TPSA) is 53.6 Å². The number of H-pyrrole nitrogens is 1. The number of hydrogen-bond donors (Lipinski definition) is 2. The van der Waals surface area contributed by atoms with Crippen molar-refractivity contribution in [2.75, 3.05) is 11.9 Å². The number of imidazole rings is 1. The van der Waals surface area contributed by atoms with Gasteiger partial charge >= 0.3 is 0 Å². The number of fused-ring (bicyclic) bond motifs is 1. The second kappa shape index (κ2) is 4.44. The third-order valence-corrected chi connectivity index (χ3v) is 3.15. The molecule has 4 heteroatoms. The largest absolute Gasteiger partial charge is 0.368 e. The highest BCUT2D eigenvalue weighted by atomic mass is 15.0. The Labute approximate surface area is 107 Å². The quantitative estimate of drug-likeness (QED) is 0.791. The van der Waals surface area contributed by atoms with Crippen LogP contribution >= 0.6 is 0 Å². The van der Waals surface area contributed by atoms with Crippen LogP contribution in [-0.4, -0.2) is 21.5 Å². The number of unbranched alkanes of at least 4 members (excludes halogenated alkanes) is 1. The number of anilines is 1. The van der Waals surface area contributed by atoms with Crippen molar-refractivity contribution in [1.29, 1.82) is 0 Å². The van der Waals surface area contributed by atoms with Crippen LogP contribution in [0.1, 0.15) is 37.7 Å². The highest BCUT2D eigenvalue weighted by molar-refractivity contribution is 5.90. The summed E-state index contributed by atoms with van der Waals surface area (Å²) in [5, 5.41) is 3.40. The summed E-state index contributed by atoms with van der Waals surface area (Å²) in [6.07, 6.45) is 5.60. The van der Waals surface area contributed by atoms with Gasteiger partial charge in [0.05, 0.1) is 11.2 Å². The molecule has 0 spiro atoms. The first-order chi connectivity index (χ1) is 8.78. The van der Waals surface area contributed by atoms with E-state index >= 15 is 0 Å². The van der Waals surface area contributed by atoms with E-state index in [0.717, 1.165) is 47.8 Å². The first-order valence-electron chi connectivity index (χ1n) is 6.58. The highest BCUT2D eigenvalue weighted by Gasteiger charge is 2.16. The van der Waals surface area contributed by atoms with Crippen LogP contribution in [0, 0.1) is 6.92 Å². The van der Waals surface area contributed by atoms with E-state index in [9.17, 15) is 0 Å². The molecule has 1 aliphatic rings. The van der Waals surface area contributed by atoms with E-state index in [1.54, 1.807) is 0 Å². The minimum absolute atomic E-state index is 0.910. The molecule has 0 unspecified atom stereocenters. The van der Waals surface area contributed by atoms with Gasteiger partial charge in [0, 0.05) is 6.54 Å². The number of aromatic nitrogens is 3. The van der Waals surface area contributed by atoms with Crippen LogP contribution in [-0.2, 0) is 0 Å². The molecule has 0 bridgehead atoms. The standard InChI is InChI=1S/C14H18N4/c1-3-4-7-15-14-13-12(16-9(2)17-13)8-11(18-14)10-5-6-10/h5,8H,3-4,6-7H2,1-2H3,(H,15,18)(H,16,17). The molecule has 0 radical (unpaired) electrons. The molecular weight excluding hydrogens is 224 g/mol. The number of nitrogens with zero attached hydrogens (tertiary/aromatic N) is 2. The molecule has 0 saturated heterocycles. The highest BCUT2D eigenvalue weighted by Crippen LogP contribution is 2.32. The first-order valence-corrected chi connectivity index (χ1v) is 6.58. The Morgan fingerprint density at radius 3 is 2.94 bits per heavy atom. The van der Waals surface area contributed by atoms with Gasteiger partial charge in [-0.2, -0.15) is 0 Å². The van der Waals surface area contributed by atoms with Crippen molar-refractivity contribution in [2.45, 2.75) is 33.1 Å². The molecule has 0 aliphatic heterocycles. The molecule has 1 aliphatic carbocycles. The van der Waals surface area contributed by atoms with E-state index in [4.69, 9.17) is 0 Å². The van der Waals surface area contributed by atoms with Crippen LogP contribution in [0.3, 0.4) is 0 Å². The Hall–Kier alpha value is -1.84. The summed E-state index contributed by atoms with van der Waals surface area (Å²) in [4.78, 5) is 12.5. The molecule has 0 amide bonds. The molecule has 0 atom stereocenters. The van der Waals surface area contributed by atoms with Gasteiger partial charge in [0.1, 0.15) is 11.3 Å². The zero-order valence-corrected chi connectivity index (χ0v) is 10.9. The lowest BCUT2D eigenvalue weighted by molar-refractivity contribution is 0.831. The van der Waals surface area contributed by atoms with E-state index < -0.39 is 0 Å². The van der Waals surface area contributed by atoms with Gasteiger partial charge in [0.25, 0.3) is 0 Å². The van der Waals surface area contributed by atoms with Gasteiger partial charge in [0.2, 0.25) is 0 Å². The Balaban J connectivity index is 1.99. The van der Waals surface area contributed by atoms with Crippen molar-refractivity contribution in [1.82, 2.24) is 15.0 Å². The van der Waals surface area contributed by atoms with E-state index in [-0.39, 0.29) is 0 Å². The van der Waals surface area contributed by atoms with E-state index in [0.29, 0.717) is 0 Å². The lowest BCUT2D eigenvalue weighted by atomic mass is 10.2. The first kappa shape index (κ1) is 11.3. The molecule has 4 nitrogen and oxygen atoms in total. The van der Waals surface area contributed by atoms with Crippen molar-refractivity contribution < 1.29 is 0 Å². The summed E-state index contributed by atoms with van der Waals surface area (Å²) >= 11 is 0. The van der Waals surface area contributed by atoms with Crippen LogP contribution in [0.25, 0.3) is 16.6 Å². The SMILES string of the molecule is CCCCNc1nc(C2=CC2)cc2[nH]c(C)nc12. The van der Waals surface area contributed by atoms with Crippen molar-refractivity contribution in [2.24, 2.45) is 0 Å². The second-order valence-electron chi connectivity index (χ2n) is 4.79. The number of nitrogens with one attached hydrogen (secondary N) is 2. The maximum atomic E-state index is 4.69. The van der Waals surface area contributed by atoms with Crippen LogP contribution < -0.4 is 5.32 Å². The van der Waals surface area contributed by atoms with Crippen LogP contribution in [0.2, 0.25) is 0 Å². The zero-order valence-electron chi connectivity index (χ0n) is 10.9. The summed E-state index contributed by atoms with van der Waals surface area (Å²) in [7, 11) is 0.